The number of nitrogens with two attached hydrogens (primary N) is 1. The Bertz CT molecular complexity index is 547. The largest absolute Gasteiger partial charge is 0.349 e. The average Bonchev–Trinajstić information content (AvgIpc) is 2.46. The molecule has 1 amide bonds. The predicted molar refractivity (Wildman–Crippen MR) is 79.8 cm³/mol. The lowest BCUT2D eigenvalue weighted by Gasteiger charge is -2.27. The molecule has 0 radical (unpaired) electrons. The van der Waals surface area contributed by atoms with E-state index in [0.29, 0.717) is 5.92 Å². The van der Waals surface area contributed by atoms with Gasteiger partial charge in [0.15, 0.2) is 0 Å². The summed E-state index contributed by atoms with van der Waals surface area (Å²) < 4.78 is 0. The first-order valence-corrected chi connectivity index (χ1v) is 7.07. The number of carbonyl (C=O) groups excluding carboxylic acids is 1. The van der Waals surface area contributed by atoms with Crippen LogP contribution >= 0.6 is 0 Å². The molecule has 0 spiro atoms. The molecule has 2 unspecified atom stereocenters. The van der Waals surface area contributed by atoms with Crippen LogP contribution in [0.4, 0.5) is 11.4 Å². The number of para-hydroxylation sites is 1. The third-order valence-corrected chi connectivity index (χ3v) is 3.90. The van der Waals surface area contributed by atoms with Crippen LogP contribution in [0, 0.1) is 16.0 Å². The molecule has 1 aliphatic rings. The van der Waals surface area contributed by atoms with E-state index in [9.17, 15) is 14.9 Å². The fourth-order valence-corrected chi connectivity index (χ4v) is 2.86. The highest BCUT2D eigenvalue weighted by atomic mass is 16.6. The minimum absolute atomic E-state index is 0.0452. The van der Waals surface area contributed by atoms with E-state index in [1.807, 2.05) is 0 Å². The maximum Gasteiger partial charge on any atom is 0.294 e. The zero-order chi connectivity index (χ0) is 15.4. The summed E-state index contributed by atoms with van der Waals surface area (Å²) in [7, 11) is 0. The Hall–Kier alpha value is -2.15. The molecular weight excluding hydrogens is 272 g/mol. The fourth-order valence-electron chi connectivity index (χ4n) is 2.86. The highest BCUT2D eigenvalue weighted by molar-refractivity contribution is 6.01. The molecule has 0 aliphatic heterocycles. The van der Waals surface area contributed by atoms with Gasteiger partial charge in [-0.15, -0.1) is 0 Å². The van der Waals surface area contributed by atoms with E-state index in [1.165, 1.54) is 24.6 Å². The number of hydrazine groups is 1. The Balaban J connectivity index is 2.19. The molecule has 0 heterocycles. The number of benzene rings is 1. The van der Waals surface area contributed by atoms with Crippen molar-refractivity contribution in [1.82, 2.24) is 5.32 Å². The summed E-state index contributed by atoms with van der Waals surface area (Å²) in [6.45, 7) is 2.17. The van der Waals surface area contributed by atoms with Crippen LogP contribution in [-0.4, -0.2) is 16.9 Å². The average molecular weight is 292 g/mol. The number of hydrogen-bond acceptors (Lipinski definition) is 5. The number of nitro benzene ring substituents is 1. The van der Waals surface area contributed by atoms with Crippen LogP contribution in [0.1, 0.15) is 43.0 Å². The number of hydrogen-bond donors (Lipinski definition) is 3. The molecule has 1 fully saturated rings. The number of nitrogens with zero attached hydrogens (tertiary/aromatic N) is 1. The number of nitrogen functional groups attached to an aromatic ring is 1. The Morgan fingerprint density at radius 3 is 2.81 bits per heavy atom. The maximum atomic E-state index is 12.3. The zero-order valence-corrected chi connectivity index (χ0v) is 12.0. The number of rotatable bonds is 4. The molecule has 0 bridgehead atoms. The molecule has 1 aromatic carbocycles. The van der Waals surface area contributed by atoms with Gasteiger partial charge in [0.1, 0.15) is 5.69 Å². The molecule has 0 saturated heterocycles. The van der Waals surface area contributed by atoms with Gasteiger partial charge in [0.2, 0.25) is 0 Å². The van der Waals surface area contributed by atoms with Crippen LogP contribution in [0.5, 0.6) is 0 Å². The first-order valence-electron chi connectivity index (χ1n) is 7.07. The first kappa shape index (κ1) is 15.2. The number of nitrogens with one attached hydrogen (secondary N) is 2. The normalized spacial score (nSPS) is 21.6. The third kappa shape index (κ3) is 3.49. The summed E-state index contributed by atoms with van der Waals surface area (Å²) >= 11 is 0. The van der Waals surface area contributed by atoms with Crippen LogP contribution in [0.25, 0.3) is 0 Å². The molecule has 7 nitrogen and oxygen atoms in total. The Labute approximate surface area is 123 Å². The molecule has 21 heavy (non-hydrogen) atoms. The van der Waals surface area contributed by atoms with Crippen LogP contribution in [0.2, 0.25) is 0 Å². The quantitative estimate of drug-likeness (QED) is 0.447. The molecule has 2 rings (SSSR count). The van der Waals surface area contributed by atoms with E-state index in [1.54, 1.807) is 0 Å². The summed E-state index contributed by atoms with van der Waals surface area (Å²) in [5, 5.41) is 13.9. The van der Waals surface area contributed by atoms with Gasteiger partial charge >= 0.3 is 0 Å². The maximum absolute atomic E-state index is 12.3. The van der Waals surface area contributed by atoms with Gasteiger partial charge in [-0.1, -0.05) is 25.8 Å². The van der Waals surface area contributed by atoms with Gasteiger partial charge in [-0.25, -0.2) is 0 Å². The molecule has 1 aromatic rings. The fraction of sp³-hybridized carbons (Fsp3) is 0.500. The van der Waals surface area contributed by atoms with Crippen molar-refractivity contribution < 1.29 is 9.72 Å². The van der Waals surface area contributed by atoms with Crippen LogP contribution < -0.4 is 16.6 Å². The van der Waals surface area contributed by atoms with E-state index < -0.39 is 4.92 Å². The summed E-state index contributed by atoms with van der Waals surface area (Å²) in [6.07, 6.45) is 4.14. The molecule has 114 valence electrons. The lowest BCUT2D eigenvalue weighted by atomic mass is 9.87. The van der Waals surface area contributed by atoms with E-state index in [4.69, 9.17) is 5.84 Å². The van der Waals surface area contributed by atoms with Crippen molar-refractivity contribution in [2.45, 2.75) is 38.6 Å². The molecule has 2 atom stereocenters. The topological polar surface area (TPSA) is 110 Å². The summed E-state index contributed by atoms with van der Waals surface area (Å²) in [6, 6.07) is 4.45. The van der Waals surface area contributed by atoms with Crippen molar-refractivity contribution in [3.63, 3.8) is 0 Å². The molecule has 1 saturated carbocycles. The van der Waals surface area contributed by atoms with Gasteiger partial charge in [0.25, 0.3) is 11.6 Å². The van der Waals surface area contributed by atoms with Crippen LogP contribution in [0.15, 0.2) is 18.2 Å². The molecule has 1 aliphatic carbocycles. The standard InChI is InChI=1S/C14H20N4O3/c1-9-4-2-5-10(8-9)16-14(19)11-6-3-7-12(18(20)21)13(11)17-15/h3,6-7,9-10,17H,2,4-5,8,15H2,1H3,(H,16,19). The number of anilines is 1. The van der Waals surface area contributed by atoms with Crippen molar-refractivity contribution in [1.29, 1.82) is 0 Å². The van der Waals surface area contributed by atoms with Gasteiger partial charge in [-0.05, 0) is 24.8 Å². The SMILES string of the molecule is CC1CCCC(NC(=O)c2cccc([N+](=O)[O-])c2NN)C1. The van der Waals surface area contributed by atoms with Gasteiger partial charge in [-0.2, -0.15) is 0 Å². The third-order valence-electron chi connectivity index (χ3n) is 3.90. The minimum atomic E-state index is -0.561. The van der Waals surface area contributed by atoms with Crippen molar-refractivity contribution >= 4 is 17.3 Å². The predicted octanol–water partition coefficient (Wildman–Crippen LogP) is 2.19. The minimum Gasteiger partial charge on any atom is -0.349 e. The molecule has 0 aromatic heterocycles. The molecule has 7 heteroatoms. The highest BCUT2D eigenvalue weighted by Gasteiger charge is 2.24. The van der Waals surface area contributed by atoms with Crippen LogP contribution in [0.3, 0.4) is 0 Å². The highest BCUT2D eigenvalue weighted by Crippen LogP contribution is 2.28. The Morgan fingerprint density at radius 1 is 1.43 bits per heavy atom. The zero-order valence-electron chi connectivity index (χ0n) is 12.0. The number of amides is 1. The van der Waals surface area contributed by atoms with E-state index in [2.05, 4.69) is 17.7 Å². The Morgan fingerprint density at radius 2 is 2.19 bits per heavy atom. The van der Waals surface area contributed by atoms with Gasteiger partial charge in [0.05, 0.1) is 10.5 Å². The van der Waals surface area contributed by atoms with Crippen LogP contribution in [-0.2, 0) is 0 Å². The Kier molecular flexibility index (Phi) is 4.74. The molecule has 4 N–H and O–H groups in total. The van der Waals surface area contributed by atoms with E-state index >= 15 is 0 Å². The number of nitro groups is 1. The van der Waals surface area contributed by atoms with Crippen molar-refractivity contribution in [3.8, 4) is 0 Å². The van der Waals surface area contributed by atoms with Crippen molar-refractivity contribution in [2.24, 2.45) is 11.8 Å². The van der Waals surface area contributed by atoms with E-state index in [0.717, 1.165) is 19.3 Å². The first-order chi connectivity index (χ1) is 10.0. The van der Waals surface area contributed by atoms with Crippen molar-refractivity contribution in [2.75, 3.05) is 5.43 Å². The lowest BCUT2D eigenvalue weighted by molar-refractivity contribution is -0.384. The lowest BCUT2D eigenvalue weighted by Crippen LogP contribution is -2.38. The van der Waals surface area contributed by atoms with Gasteiger partial charge in [-0.3, -0.25) is 20.8 Å². The summed E-state index contributed by atoms with van der Waals surface area (Å²) in [5.41, 5.74) is 2.31. The number of carbonyl (C=O) groups is 1. The smallest absolute Gasteiger partial charge is 0.294 e. The monoisotopic (exact) mass is 292 g/mol. The molecular formula is C14H20N4O3. The van der Waals surface area contributed by atoms with Crippen molar-refractivity contribution in [3.05, 3.63) is 33.9 Å². The second kappa shape index (κ2) is 6.53. The summed E-state index contributed by atoms with van der Waals surface area (Å²) in [5.74, 6) is 5.60. The van der Waals surface area contributed by atoms with E-state index in [-0.39, 0.29) is 28.9 Å². The summed E-state index contributed by atoms with van der Waals surface area (Å²) in [4.78, 5) is 22.8. The van der Waals surface area contributed by atoms with Gasteiger partial charge < -0.3 is 10.7 Å². The van der Waals surface area contributed by atoms with Gasteiger partial charge in [0, 0.05) is 12.1 Å². The second-order valence-corrected chi connectivity index (χ2v) is 5.54. The second-order valence-electron chi connectivity index (χ2n) is 5.54.